The van der Waals surface area contributed by atoms with Gasteiger partial charge in [0.25, 0.3) is 5.56 Å². The molecule has 0 saturated heterocycles. The number of ether oxygens (including phenoxy) is 2. The van der Waals surface area contributed by atoms with Crippen molar-refractivity contribution in [3.8, 4) is 11.5 Å². The van der Waals surface area contributed by atoms with Crippen molar-refractivity contribution in [1.29, 1.82) is 0 Å². The Morgan fingerprint density at radius 2 is 1.87 bits per heavy atom. The third-order valence-electron chi connectivity index (χ3n) is 6.26. The van der Waals surface area contributed by atoms with Gasteiger partial charge in [0.1, 0.15) is 0 Å². The van der Waals surface area contributed by atoms with Crippen LogP contribution in [0.1, 0.15) is 53.4 Å². The Labute approximate surface area is 188 Å². The van der Waals surface area contributed by atoms with E-state index in [-0.39, 0.29) is 35.2 Å². The van der Waals surface area contributed by atoms with Gasteiger partial charge in [0.2, 0.25) is 5.91 Å². The minimum Gasteiger partial charge on any atom is -0.490 e. The number of H-pyrrole nitrogens is 1. The van der Waals surface area contributed by atoms with Crippen LogP contribution in [0.25, 0.3) is 10.9 Å². The number of carbonyl (C=O) groups excluding carboxylic acids is 1. The van der Waals surface area contributed by atoms with Crippen LogP contribution < -0.4 is 20.3 Å². The van der Waals surface area contributed by atoms with Gasteiger partial charge < -0.3 is 19.8 Å². The van der Waals surface area contributed by atoms with Crippen LogP contribution in [0.15, 0.2) is 16.9 Å². The van der Waals surface area contributed by atoms with E-state index in [2.05, 4.69) is 24.1 Å². The second-order valence-corrected chi connectivity index (χ2v) is 8.68. The number of rotatable bonds is 8. The highest BCUT2D eigenvalue weighted by Gasteiger charge is 2.28. The SMILES string of the molecule is CCOc1cc2[nH]c(=S)n(CCC(=O)N[C@@H]3CCC[C@@H](C)[C@@H]3C)c(=O)c2cc1OCC. The van der Waals surface area contributed by atoms with Crippen molar-refractivity contribution >= 4 is 29.0 Å². The summed E-state index contributed by atoms with van der Waals surface area (Å²) >= 11 is 5.41. The Balaban J connectivity index is 1.80. The fraction of sp³-hybridized carbons (Fsp3) is 0.609. The van der Waals surface area contributed by atoms with Gasteiger partial charge in [-0.1, -0.05) is 26.7 Å². The number of fused-ring (bicyclic) bond motifs is 1. The van der Waals surface area contributed by atoms with E-state index in [0.29, 0.717) is 47.5 Å². The van der Waals surface area contributed by atoms with E-state index >= 15 is 0 Å². The normalized spacial score (nSPS) is 21.1. The first kappa shape index (κ1) is 23.3. The Kier molecular flexibility index (Phi) is 7.75. The molecule has 31 heavy (non-hydrogen) atoms. The van der Waals surface area contributed by atoms with Gasteiger partial charge in [0.15, 0.2) is 16.3 Å². The molecular weight excluding hydrogens is 414 g/mol. The van der Waals surface area contributed by atoms with Crippen molar-refractivity contribution in [2.75, 3.05) is 13.2 Å². The minimum absolute atomic E-state index is 0.0472. The lowest BCUT2D eigenvalue weighted by Gasteiger charge is -2.34. The van der Waals surface area contributed by atoms with Gasteiger partial charge in [-0.15, -0.1) is 0 Å². The van der Waals surface area contributed by atoms with Gasteiger partial charge in [-0.3, -0.25) is 14.2 Å². The van der Waals surface area contributed by atoms with Crippen molar-refractivity contribution in [3.63, 3.8) is 0 Å². The maximum Gasteiger partial charge on any atom is 0.262 e. The van der Waals surface area contributed by atoms with Crippen LogP contribution in [0.3, 0.4) is 0 Å². The summed E-state index contributed by atoms with van der Waals surface area (Å²) in [7, 11) is 0. The molecule has 0 aliphatic heterocycles. The molecule has 1 aliphatic carbocycles. The predicted molar refractivity (Wildman–Crippen MR) is 124 cm³/mol. The lowest BCUT2D eigenvalue weighted by Crippen LogP contribution is -2.44. The monoisotopic (exact) mass is 447 g/mol. The molecule has 8 heteroatoms. The summed E-state index contributed by atoms with van der Waals surface area (Å²) in [4.78, 5) is 28.8. The van der Waals surface area contributed by atoms with Crippen LogP contribution in [-0.4, -0.2) is 34.7 Å². The number of nitrogens with one attached hydrogen (secondary N) is 2. The second kappa shape index (κ2) is 10.3. The first-order valence-electron chi connectivity index (χ1n) is 11.2. The molecule has 1 heterocycles. The average molecular weight is 448 g/mol. The molecule has 1 saturated carbocycles. The average Bonchev–Trinajstić information content (AvgIpc) is 2.72. The number of carbonyl (C=O) groups is 1. The maximum absolute atomic E-state index is 13.1. The first-order valence-corrected chi connectivity index (χ1v) is 11.6. The topological polar surface area (TPSA) is 85.4 Å². The van der Waals surface area contributed by atoms with Crippen molar-refractivity contribution in [2.24, 2.45) is 11.8 Å². The molecule has 0 spiro atoms. The van der Waals surface area contributed by atoms with Gasteiger partial charge in [-0.25, -0.2) is 0 Å². The van der Waals surface area contributed by atoms with E-state index in [1.165, 1.54) is 11.0 Å². The summed E-state index contributed by atoms with van der Waals surface area (Å²) in [6, 6.07) is 3.62. The molecule has 1 aliphatic rings. The summed E-state index contributed by atoms with van der Waals surface area (Å²) in [6.45, 7) is 9.38. The zero-order chi connectivity index (χ0) is 22.5. The lowest BCUT2D eigenvalue weighted by molar-refractivity contribution is -0.122. The molecule has 1 aromatic heterocycles. The molecule has 0 bridgehead atoms. The molecule has 0 radical (unpaired) electrons. The smallest absolute Gasteiger partial charge is 0.262 e. The van der Waals surface area contributed by atoms with E-state index in [0.717, 1.165) is 12.8 Å². The number of hydrogen-bond acceptors (Lipinski definition) is 5. The first-order chi connectivity index (χ1) is 14.8. The van der Waals surface area contributed by atoms with E-state index in [1.54, 1.807) is 12.1 Å². The van der Waals surface area contributed by atoms with Gasteiger partial charge in [-0.05, 0) is 50.4 Å². The van der Waals surface area contributed by atoms with Crippen molar-refractivity contribution in [3.05, 3.63) is 27.3 Å². The fourth-order valence-corrected chi connectivity index (χ4v) is 4.56. The minimum atomic E-state index is -0.241. The third-order valence-corrected chi connectivity index (χ3v) is 6.58. The molecule has 1 fully saturated rings. The largest absolute Gasteiger partial charge is 0.490 e. The molecule has 2 aromatic rings. The number of benzene rings is 1. The highest BCUT2D eigenvalue weighted by atomic mass is 32.1. The summed E-state index contributed by atoms with van der Waals surface area (Å²) in [6.07, 6.45) is 3.56. The van der Waals surface area contributed by atoms with Crippen LogP contribution in [0.5, 0.6) is 11.5 Å². The zero-order valence-electron chi connectivity index (χ0n) is 18.8. The van der Waals surface area contributed by atoms with E-state index in [4.69, 9.17) is 21.7 Å². The summed E-state index contributed by atoms with van der Waals surface area (Å²) in [5, 5.41) is 3.61. The van der Waals surface area contributed by atoms with Crippen LogP contribution in [0.4, 0.5) is 0 Å². The van der Waals surface area contributed by atoms with E-state index in [9.17, 15) is 9.59 Å². The molecule has 3 atom stereocenters. The molecule has 2 N–H and O–H groups in total. The lowest BCUT2D eigenvalue weighted by atomic mass is 9.78. The summed E-state index contributed by atoms with van der Waals surface area (Å²) in [5.41, 5.74) is 0.350. The molecule has 7 nitrogen and oxygen atoms in total. The van der Waals surface area contributed by atoms with Gasteiger partial charge >= 0.3 is 0 Å². The van der Waals surface area contributed by atoms with Crippen LogP contribution in [0.2, 0.25) is 0 Å². The van der Waals surface area contributed by atoms with Crippen molar-refractivity contribution in [1.82, 2.24) is 14.9 Å². The Morgan fingerprint density at radius 3 is 2.55 bits per heavy atom. The van der Waals surface area contributed by atoms with E-state index < -0.39 is 0 Å². The van der Waals surface area contributed by atoms with Crippen LogP contribution in [-0.2, 0) is 11.3 Å². The molecular formula is C23H33N3O4S. The quantitative estimate of drug-likeness (QED) is 0.593. The second-order valence-electron chi connectivity index (χ2n) is 8.29. The van der Waals surface area contributed by atoms with Crippen LogP contribution >= 0.6 is 12.2 Å². The Morgan fingerprint density at radius 1 is 1.19 bits per heavy atom. The van der Waals surface area contributed by atoms with E-state index in [1.807, 2.05) is 13.8 Å². The number of aromatic amines is 1. The molecule has 1 aromatic carbocycles. The van der Waals surface area contributed by atoms with Gasteiger partial charge in [0, 0.05) is 25.1 Å². The van der Waals surface area contributed by atoms with Gasteiger partial charge in [0.05, 0.1) is 24.1 Å². The molecule has 1 amide bonds. The predicted octanol–water partition coefficient (Wildman–Crippen LogP) is 4.19. The Hall–Kier alpha value is -2.35. The summed E-state index contributed by atoms with van der Waals surface area (Å²) < 4.78 is 13.0. The van der Waals surface area contributed by atoms with Gasteiger partial charge in [-0.2, -0.15) is 0 Å². The molecule has 3 rings (SSSR count). The van der Waals surface area contributed by atoms with Crippen LogP contribution in [0, 0.1) is 16.6 Å². The summed E-state index contributed by atoms with van der Waals surface area (Å²) in [5.74, 6) is 2.10. The maximum atomic E-state index is 13.1. The number of nitrogens with zero attached hydrogens (tertiary/aromatic N) is 1. The molecule has 170 valence electrons. The zero-order valence-corrected chi connectivity index (χ0v) is 19.6. The Bertz CT molecular complexity index is 1050. The number of amides is 1. The highest BCUT2D eigenvalue weighted by Crippen LogP contribution is 2.31. The fourth-order valence-electron chi connectivity index (χ4n) is 4.28. The standard InChI is InChI=1S/C23H33N3O4S/c1-5-29-19-12-16-18(13-20(19)30-6-2)25-23(31)26(22(16)28)11-10-21(27)24-17-9-7-8-14(3)15(17)4/h12-15,17H,5-11H2,1-4H3,(H,24,27)(H,25,31)/t14-,15+,17-/m1/s1. The highest BCUT2D eigenvalue weighted by molar-refractivity contribution is 7.71. The number of hydrogen-bond donors (Lipinski definition) is 2. The molecule has 0 unspecified atom stereocenters. The van der Waals surface area contributed by atoms with Crippen molar-refractivity contribution < 1.29 is 14.3 Å². The number of aromatic nitrogens is 2. The third kappa shape index (κ3) is 5.29. The van der Waals surface area contributed by atoms with Crippen molar-refractivity contribution in [2.45, 2.75) is 66.0 Å².